The number of piperazine rings is 1. The van der Waals surface area contributed by atoms with Crippen LogP contribution in [0.15, 0.2) is 36.4 Å². The predicted molar refractivity (Wildman–Crippen MR) is 120 cm³/mol. The summed E-state index contributed by atoms with van der Waals surface area (Å²) in [5.74, 6) is 0.312. The maximum Gasteiger partial charge on any atom is 0.322 e. The van der Waals surface area contributed by atoms with Gasteiger partial charge >= 0.3 is 6.03 Å². The minimum absolute atomic E-state index is 0.213. The zero-order chi connectivity index (χ0) is 22.7. The smallest absolute Gasteiger partial charge is 0.322 e. The minimum Gasteiger partial charge on any atom is -0.486 e. The van der Waals surface area contributed by atoms with Gasteiger partial charge in [0, 0.05) is 30.5 Å². The first kappa shape index (κ1) is 22.0. The van der Waals surface area contributed by atoms with Gasteiger partial charge in [0.05, 0.1) is 16.5 Å². The second kappa shape index (κ2) is 9.54. The van der Waals surface area contributed by atoms with Crippen LogP contribution < -0.4 is 25.4 Å². The van der Waals surface area contributed by atoms with Crippen LogP contribution in [0.4, 0.5) is 16.2 Å². The molecule has 0 saturated carbocycles. The summed E-state index contributed by atoms with van der Waals surface area (Å²) in [5, 5.41) is 8.76. The highest BCUT2D eigenvalue weighted by Crippen LogP contribution is 2.32. The first-order valence-corrected chi connectivity index (χ1v) is 10.7. The number of nitrogens with one attached hydrogen (secondary N) is 3. The molecule has 0 radical (unpaired) electrons. The van der Waals surface area contributed by atoms with E-state index in [0.29, 0.717) is 41.1 Å². The van der Waals surface area contributed by atoms with Crippen molar-refractivity contribution in [1.82, 2.24) is 10.2 Å². The van der Waals surface area contributed by atoms with Gasteiger partial charge < -0.3 is 30.3 Å². The lowest BCUT2D eigenvalue weighted by Crippen LogP contribution is -2.59. The molecule has 1 saturated heterocycles. The first-order valence-electron chi connectivity index (χ1n) is 9.90. The third kappa shape index (κ3) is 5.00. The lowest BCUT2D eigenvalue weighted by Gasteiger charge is -2.34. The van der Waals surface area contributed by atoms with E-state index >= 15 is 0 Å². The summed E-state index contributed by atoms with van der Waals surface area (Å²) in [6, 6.07) is 8.21. The van der Waals surface area contributed by atoms with E-state index in [1.54, 1.807) is 30.3 Å². The SMILES string of the molecule is O=C(C[C@H]1C(=O)NCCN1C(=O)Nc1ccc(Cl)c(Cl)c1)Nc1ccc2c(c1)OCCO2. The lowest BCUT2D eigenvalue weighted by atomic mass is 10.1. The van der Waals surface area contributed by atoms with Crippen LogP contribution in [0.25, 0.3) is 0 Å². The number of fused-ring (bicyclic) bond motifs is 1. The van der Waals surface area contributed by atoms with Gasteiger partial charge in [0.15, 0.2) is 11.5 Å². The number of carbonyl (C=O) groups is 3. The third-order valence-corrected chi connectivity index (χ3v) is 5.71. The fourth-order valence-electron chi connectivity index (χ4n) is 3.44. The predicted octanol–water partition coefficient (Wildman–Crippen LogP) is 3.13. The van der Waals surface area contributed by atoms with E-state index in [4.69, 9.17) is 32.7 Å². The van der Waals surface area contributed by atoms with Gasteiger partial charge in [-0.15, -0.1) is 0 Å². The fourth-order valence-corrected chi connectivity index (χ4v) is 3.74. The summed E-state index contributed by atoms with van der Waals surface area (Å²) in [6.45, 7) is 1.43. The number of benzene rings is 2. The van der Waals surface area contributed by atoms with Crippen LogP contribution in [-0.2, 0) is 9.59 Å². The van der Waals surface area contributed by atoms with E-state index in [0.717, 1.165) is 0 Å². The molecule has 168 valence electrons. The highest BCUT2D eigenvalue weighted by molar-refractivity contribution is 6.42. The molecule has 4 amide bonds. The molecule has 0 aromatic heterocycles. The summed E-state index contributed by atoms with van der Waals surface area (Å²) in [6.07, 6.45) is -0.213. The second-order valence-corrected chi connectivity index (χ2v) is 7.98. The average molecular weight is 479 g/mol. The van der Waals surface area contributed by atoms with Crippen molar-refractivity contribution >= 4 is 52.4 Å². The molecule has 2 aliphatic heterocycles. The van der Waals surface area contributed by atoms with E-state index in [1.165, 1.54) is 11.0 Å². The highest BCUT2D eigenvalue weighted by atomic mass is 35.5. The van der Waals surface area contributed by atoms with Gasteiger partial charge in [-0.3, -0.25) is 9.59 Å². The first-order chi connectivity index (χ1) is 15.4. The van der Waals surface area contributed by atoms with Crippen molar-refractivity contribution in [2.24, 2.45) is 0 Å². The van der Waals surface area contributed by atoms with E-state index in [9.17, 15) is 14.4 Å². The number of amides is 4. The zero-order valence-corrected chi connectivity index (χ0v) is 18.3. The van der Waals surface area contributed by atoms with Crippen molar-refractivity contribution in [2.75, 3.05) is 36.9 Å². The maximum atomic E-state index is 12.8. The molecule has 3 N–H and O–H groups in total. The molecular formula is C21H20Cl2N4O5. The standard InChI is InChI=1S/C21H20Cl2N4O5/c22-14-3-1-12(9-15(14)23)26-21(30)27-6-5-24-20(29)16(27)11-19(28)25-13-2-4-17-18(10-13)32-8-7-31-17/h1-4,9-10,16H,5-8,11H2,(H,24,29)(H,25,28)(H,26,30)/t16-/m0/s1. The Labute approximate surface area is 193 Å². The molecule has 0 bridgehead atoms. The minimum atomic E-state index is -0.969. The van der Waals surface area contributed by atoms with Gasteiger partial charge in [0.1, 0.15) is 19.3 Å². The molecule has 32 heavy (non-hydrogen) atoms. The van der Waals surface area contributed by atoms with Crippen LogP contribution in [0, 0.1) is 0 Å². The van der Waals surface area contributed by atoms with Crippen LogP contribution in [0.5, 0.6) is 11.5 Å². The molecule has 2 aromatic rings. The largest absolute Gasteiger partial charge is 0.486 e. The molecule has 1 atom stereocenters. The van der Waals surface area contributed by atoms with Gasteiger partial charge in [-0.05, 0) is 30.3 Å². The van der Waals surface area contributed by atoms with Crippen LogP contribution >= 0.6 is 23.2 Å². The van der Waals surface area contributed by atoms with Gasteiger partial charge in [-0.25, -0.2) is 4.79 Å². The van der Waals surface area contributed by atoms with Gasteiger partial charge in [-0.2, -0.15) is 0 Å². The number of hydrogen-bond donors (Lipinski definition) is 3. The van der Waals surface area contributed by atoms with Crippen LogP contribution in [0.3, 0.4) is 0 Å². The van der Waals surface area contributed by atoms with Crippen molar-refractivity contribution in [3.05, 3.63) is 46.4 Å². The number of nitrogens with zero attached hydrogens (tertiary/aromatic N) is 1. The number of hydrogen-bond acceptors (Lipinski definition) is 5. The number of carbonyl (C=O) groups excluding carboxylic acids is 3. The highest BCUT2D eigenvalue weighted by Gasteiger charge is 2.35. The normalized spacial score (nSPS) is 17.4. The molecule has 0 unspecified atom stereocenters. The van der Waals surface area contributed by atoms with Crippen molar-refractivity contribution in [3.8, 4) is 11.5 Å². The van der Waals surface area contributed by atoms with Crippen molar-refractivity contribution < 1.29 is 23.9 Å². The molecule has 11 heteroatoms. The molecule has 2 aromatic carbocycles. The molecule has 0 aliphatic carbocycles. The van der Waals surface area contributed by atoms with Gasteiger partial charge in [0.25, 0.3) is 0 Å². The van der Waals surface area contributed by atoms with Crippen molar-refractivity contribution in [3.63, 3.8) is 0 Å². The fraction of sp³-hybridized carbons (Fsp3) is 0.286. The summed E-state index contributed by atoms with van der Waals surface area (Å²) >= 11 is 11.9. The topological polar surface area (TPSA) is 109 Å². The Bertz CT molecular complexity index is 1060. The van der Waals surface area contributed by atoms with E-state index in [-0.39, 0.29) is 24.5 Å². The van der Waals surface area contributed by atoms with E-state index in [1.807, 2.05) is 0 Å². The quantitative estimate of drug-likeness (QED) is 0.625. The second-order valence-electron chi connectivity index (χ2n) is 7.17. The Morgan fingerprint density at radius 1 is 1.00 bits per heavy atom. The molecule has 2 aliphatic rings. The number of halogens is 2. The number of urea groups is 1. The van der Waals surface area contributed by atoms with Crippen molar-refractivity contribution in [2.45, 2.75) is 12.5 Å². The van der Waals surface area contributed by atoms with Crippen LogP contribution in [-0.4, -0.2) is 55.1 Å². The maximum absolute atomic E-state index is 12.8. The van der Waals surface area contributed by atoms with Gasteiger partial charge in [0.2, 0.25) is 11.8 Å². The monoisotopic (exact) mass is 478 g/mol. The summed E-state index contributed by atoms with van der Waals surface area (Å²) in [7, 11) is 0. The Kier molecular flexibility index (Phi) is 6.57. The third-order valence-electron chi connectivity index (χ3n) is 4.97. The number of rotatable bonds is 4. The van der Waals surface area contributed by atoms with Crippen LogP contribution in [0.2, 0.25) is 10.0 Å². The summed E-state index contributed by atoms with van der Waals surface area (Å²) in [5.41, 5.74) is 0.928. The van der Waals surface area contributed by atoms with E-state index in [2.05, 4.69) is 16.0 Å². The molecular weight excluding hydrogens is 459 g/mol. The molecule has 9 nitrogen and oxygen atoms in total. The molecule has 2 heterocycles. The zero-order valence-electron chi connectivity index (χ0n) is 16.8. The van der Waals surface area contributed by atoms with Crippen LogP contribution in [0.1, 0.15) is 6.42 Å². The summed E-state index contributed by atoms with van der Waals surface area (Å²) < 4.78 is 11.0. The Hall–Kier alpha value is -3.17. The Morgan fingerprint density at radius 3 is 2.50 bits per heavy atom. The van der Waals surface area contributed by atoms with Gasteiger partial charge in [-0.1, -0.05) is 23.2 Å². The van der Waals surface area contributed by atoms with E-state index < -0.39 is 23.9 Å². The number of anilines is 2. The lowest BCUT2D eigenvalue weighted by molar-refractivity contribution is -0.130. The Balaban J connectivity index is 1.42. The Morgan fingerprint density at radius 2 is 1.72 bits per heavy atom. The summed E-state index contributed by atoms with van der Waals surface area (Å²) in [4.78, 5) is 39.2. The molecule has 1 fully saturated rings. The molecule has 0 spiro atoms. The van der Waals surface area contributed by atoms with Crippen molar-refractivity contribution in [1.29, 1.82) is 0 Å². The number of ether oxygens (including phenoxy) is 2. The molecule has 4 rings (SSSR count). The average Bonchev–Trinajstić information content (AvgIpc) is 2.77.